The summed E-state index contributed by atoms with van der Waals surface area (Å²) in [5.41, 5.74) is 0. The van der Waals surface area contributed by atoms with E-state index in [4.69, 9.17) is 19.3 Å². The second-order valence-corrected chi connectivity index (χ2v) is 3.45. The summed E-state index contributed by atoms with van der Waals surface area (Å²) in [6.45, 7) is 3.46. The third-order valence-electron chi connectivity index (χ3n) is 2.24. The molecular formula is C10H18O5. The molecule has 0 aromatic heterocycles. The number of ether oxygens (including phenoxy) is 3. The van der Waals surface area contributed by atoms with Gasteiger partial charge in [0.05, 0.1) is 19.3 Å². The predicted molar refractivity (Wildman–Crippen MR) is 52.8 cm³/mol. The van der Waals surface area contributed by atoms with E-state index in [2.05, 4.69) is 0 Å². The van der Waals surface area contributed by atoms with E-state index in [0.717, 1.165) is 19.4 Å². The lowest BCUT2D eigenvalue weighted by Gasteiger charge is -2.14. The first kappa shape index (κ1) is 12.4. The molecule has 15 heavy (non-hydrogen) atoms. The maximum Gasteiger partial charge on any atom is 0.335 e. The normalized spacial score (nSPS) is 22.9. The van der Waals surface area contributed by atoms with Gasteiger partial charge in [-0.2, -0.15) is 0 Å². The molecule has 0 bridgehead atoms. The fourth-order valence-corrected chi connectivity index (χ4v) is 1.47. The summed E-state index contributed by atoms with van der Waals surface area (Å²) in [4.78, 5) is 10.7. The summed E-state index contributed by atoms with van der Waals surface area (Å²) in [6, 6.07) is 0. The Kier molecular flexibility index (Phi) is 5.60. The van der Waals surface area contributed by atoms with Gasteiger partial charge in [0.2, 0.25) is 0 Å². The van der Waals surface area contributed by atoms with E-state index >= 15 is 0 Å². The van der Waals surface area contributed by atoms with Crippen LogP contribution in [0, 0.1) is 0 Å². The fourth-order valence-electron chi connectivity index (χ4n) is 1.47. The molecule has 88 valence electrons. The standard InChI is InChI=1S/C10H18O5/c1-2-14-9(10(11)12)7-13-6-8-4-3-5-15-8/h8-9H,2-7H2,1H3,(H,11,12). The molecule has 1 aliphatic heterocycles. The van der Waals surface area contributed by atoms with Crippen molar-refractivity contribution in [2.45, 2.75) is 32.0 Å². The Morgan fingerprint density at radius 1 is 1.67 bits per heavy atom. The van der Waals surface area contributed by atoms with Crippen molar-refractivity contribution < 1.29 is 24.1 Å². The highest BCUT2D eigenvalue weighted by molar-refractivity contribution is 5.72. The highest BCUT2D eigenvalue weighted by atomic mass is 16.6. The Morgan fingerprint density at radius 3 is 3.00 bits per heavy atom. The molecule has 0 saturated carbocycles. The van der Waals surface area contributed by atoms with Crippen molar-refractivity contribution in [3.63, 3.8) is 0 Å². The molecule has 0 radical (unpaired) electrons. The minimum Gasteiger partial charge on any atom is -0.479 e. The summed E-state index contributed by atoms with van der Waals surface area (Å²) in [5.74, 6) is -0.982. The smallest absolute Gasteiger partial charge is 0.335 e. The lowest BCUT2D eigenvalue weighted by molar-refractivity contribution is -0.155. The predicted octanol–water partition coefficient (Wildman–Crippen LogP) is 0.672. The van der Waals surface area contributed by atoms with Gasteiger partial charge in [0.25, 0.3) is 0 Å². The highest BCUT2D eigenvalue weighted by Gasteiger charge is 2.20. The second kappa shape index (κ2) is 6.76. The molecule has 1 heterocycles. The molecule has 1 aliphatic rings. The number of carbonyl (C=O) groups is 1. The molecule has 1 N–H and O–H groups in total. The van der Waals surface area contributed by atoms with Crippen LogP contribution in [-0.4, -0.2) is 49.7 Å². The lowest BCUT2D eigenvalue weighted by atomic mass is 10.2. The Labute approximate surface area is 89.3 Å². The number of carboxylic acid groups (broad SMARTS) is 1. The van der Waals surface area contributed by atoms with Crippen LogP contribution in [0.5, 0.6) is 0 Å². The van der Waals surface area contributed by atoms with Crippen molar-refractivity contribution in [2.24, 2.45) is 0 Å². The topological polar surface area (TPSA) is 65.0 Å². The number of carboxylic acids is 1. The molecule has 2 unspecified atom stereocenters. The van der Waals surface area contributed by atoms with E-state index < -0.39 is 12.1 Å². The lowest BCUT2D eigenvalue weighted by Crippen LogP contribution is -2.30. The largest absolute Gasteiger partial charge is 0.479 e. The van der Waals surface area contributed by atoms with Gasteiger partial charge in [-0.25, -0.2) is 4.79 Å². The van der Waals surface area contributed by atoms with E-state index in [1.54, 1.807) is 6.92 Å². The average Bonchev–Trinajstić information content (AvgIpc) is 2.69. The molecule has 0 aliphatic carbocycles. The maximum atomic E-state index is 10.7. The van der Waals surface area contributed by atoms with E-state index in [0.29, 0.717) is 13.2 Å². The van der Waals surface area contributed by atoms with E-state index in [1.807, 2.05) is 0 Å². The van der Waals surface area contributed by atoms with Crippen molar-refractivity contribution in [2.75, 3.05) is 26.4 Å². The van der Waals surface area contributed by atoms with Gasteiger partial charge in [0.15, 0.2) is 6.10 Å². The summed E-state index contributed by atoms with van der Waals surface area (Å²) >= 11 is 0. The van der Waals surface area contributed by atoms with Gasteiger partial charge in [-0.1, -0.05) is 0 Å². The Bertz CT molecular complexity index is 188. The zero-order valence-electron chi connectivity index (χ0n) is 8.98. The van der Waals surface area contributed by atoms with Crippen LogP contribution < -0.4 is 0 Å². The van der Waals surface area contributed by atoms with Gasteiger partial charge in [-0.05, 0) is 19.8 Å². The number of hydrogen-bond donors (Lipinski definition) is 1. The van der Waals surface area contributed by atoms with Crippen molar-refractivity contribution in [1.29, 1.82) is 0 Å². The zero-order chi connectivity index (χ0) is 11.1. The number of aliphatic carboxylic acids is 1. The monoisotopic (exact) mass is 218 g/mol. The van der Waals surface area contributed by atoms with Crippen LogP contribution >= 0.6 is 0 Å². The SMILES string of the molecule is CCOC(COCC1CCCO1)C(=O)O. The molecule has 0 aromatic carbocycles. The van der Waals surface area contributed by atoms with Crippen LogP contribution in [0.3, 0.4) is 0 Å². The minimum atomic E-state index is -0.982. The van der Waals surface area contributed by atoms with Crippen LogP contribution in [0.2, 0.25) is 0 Å². The molecule has 1 rings (SSSR count). The van der Waals surface area contributed by atoms with E-state index in [1.165, 1.54) is 0 Å². The third kappa shape index (κ3) is 4.59. The van der Waals surface area contributed by atoms with Gasteiger partial charge in [0, 0.05) is 13.2 Å². The van der Waals surface area contributed by atoms with Crippen LogP contribution in [0.25, 0.3) is 0 Å². The molecule has 1 saturated heterocycles. The van der Waals surface area contributed by atoms with Gasteiger partial charge in [-0.15, -0.1) is 0 Å². The first-order valence-corrected chi connectivity index (χ1v) is 5.27. The Hall–Kier alpha value is -0.650. The molecule has 1 fully saturated rings. The molecule has 0 spiro atoms. The zero-order valence-corrected chi connectivity index (χ0v) is 8.98. The number of hydrogen-bond acceptors (Lipinski definition) is 4. The van der Waals surface area contributed by atoms with E-state index in [-0.39, 0.29) is 12.7 Å². The maximum absolute atomic E-state index is 10.7. The summed E-state index contributed by atoms with van der Waals surface area (Å²) in [6.07, 6.45) is 1.31. The summed E-state index contributed by atoms with van der Waals surface area (Å²) in [7, 11) is 0. The van der Waals surface area contributed by atoms with Gasteiger partial charge >= 0.3 is 5.97 Å². The van der Waals surface area contributed by atoms with Gasteiger partial charge in [0.1, 0.15) is 0 Å². The molecule has 0 aromatic rings. The van der Waals surface area contributed by atoms with Crippen LogP contribution in [0.1, 0.15) is 19.8 Å². The fraction of sp³-hybridized carbons (Fsp3) is 0.900. The summed E-state index contributed by atoms with van der Waals surface area (Å²) < 4.78 is 15.6. The van der Waals surface area contributed by atoms with Crippen LogP contribution in [-0.2, 0) is 19.0 Å². The minimum absolute atomic E-state index is 0.0863. The van der Waals surface area contributed by atoms with Crippen LogP contribution in [0.15, 0.2) is 0 Å². The summed E-state index contributed by atoms with van der Waals surface area (Å²) in [5, 5.41) is 8.76. The molecule has 2 atom stereocenters. The first-order chi connectivity index (χ1) is 7.24. The third-order valence-corrected chi connectivity index (χ3v) is 2.24. The molecular weight excluding hydrogens is 200 g/mol. The van der Waals surface area contributed by atoms with Crippen LogP contribution in [0.4, 0.5) is 0 Å². The van der Waals surface area contributed by atoms with Gasteiger partial charge < -0.3 is 19.3 Å². The van der Waals surface area contributed by atoms with Crippen molar-refractivity contribution in [3.8, 4) is 0 Å². The highest BCUT2D eigenvalue weighted by Crippen LogP contribution is 2.12. The van der Waals surface area contributed by atoms with Crippen molar-refractivity contribution >= 4 is 5.97 Å². The Morgan fingerprint density at radius 2 is 2.47 bits per heavy atom. The average molecular weight is 218 g/mol. The first-order valence-electron chi connectivity index (χ1n) is 5.27. The molecule has 5 nitrogen and oxygen atoms in total. The molecule has 0 amide bonds. The number of rotatable bonds is 7. The Balaban J connectivity index is 2.12. The second-order valence-electron chi connectivity index (χ2n) is 3.45. The molecule has 5 heteroatoms. The van der Waals surface area contributed by atoms with E-state index in [9.17, 15) is 4.79 Å². The van der Waals surface area contributed by atoms with Gasteiger partial charge in [-0.3, -0.25) is 0 Å². The van der Waals surface area contributed by atoms with Crippen molar-refractivity contribution in [1.82, 2.24) is 0 Å². The quantitative estimate of drug-likeness (QED) is 0.680. The van der Waals surface area contributed by atoms with Crippen molar-refractivity contribution in [3.05, 3.63) is 0 Å².